The molecule has 2 bridgehead atoms. The maximum atomic E-state index is 15.1. The molecule has 3 aromatic rings. The number of Topliss-reactive ketones (excluding diaryl/α,β-unsaturated/α-hetero) is 1. The number of amides is 1. The first kappa shape index (κ1) is 52.3. The highest BCUT2D eigenvalue weighted by Gasteiger charge is 2.70. The van der Waals surface area contributed by atoms with Crippen LogP contribution in [0.5, 0.6) is 5.75 Å². The molecule has 3 aromatic carbocycles. The Morgan fingerprint density at radius 2 is 1.70 bits per heavy atom. The first-order valence-corrected chi connectivity index (χ1v) is 26.1. The van der Waals surface area contributed by atoms with Crippen molar-refractivity contribution in [3.8, 4) is 5.75 Å². The molecular weight excluding hydrogens is 891 g/mol. The number of rotatable bonds is 9. The molecular formula is C60H77N3O8. The van der Waals surface area contributed by atoms with Gasteiger partial charge in [0.05, 0.1) is 30.5 Å². The summed E-state index contributed by atoms with van der Waals surface area (Å²) in [6, 6.07) is 19.7. The number of nitrogens with two attached hydrogens (primary N) is 1. The quantitative estimate of drug-likeness (QED) is 0.0752. The molecule has 0 saturated heterocycles. The SMILES string of the molecule is C=C(/C=C/C=C(/CO)[C@H]1C[C@@H]2CCC[C@@]3(O)CC/C4=C(/C)C(=O)Cc5cccc6c5[C@H](NC[C@H](O)[C@@H](Cc5ccc(O)cc5)Cc5cccc(c5)C[C@H](O)CC[C@H]4[C@@]23[C@@H]1O)C(=O)N[C@@H]6N)CCC=C(C)C. The van der Waals surface area contributed by atoms with Crippen LogP contribution in [0.15, 0.2) is 125 Å². The summed E-state index contributed by atoms with van der Waals surface area (Å²) in [7, 11) is 0. The van der Waals surface area contributed by atoms with E-state index >= 15 is 4.79 Å². The number of carbonyl (C=O) groups is 2. The highest BCUT2D eigenvalue weighted by atomic mass is 16.3. The maximum absolute atomic E-state index is 15.1. The molecule has 2 heterocycles. The second kappa shape index (κ2) is 22.4. The van der Waals surface area contributed by atoms with Crippen LogP contribution in [-0.2, 0) is 35.3 Å². The van der Waals surface area contributed by atoms with Gasteiger partial charge in [0.25, 0.3) is 0 Å². The summed E-state index contributed by atoms with van der Waals surface area (Å²) >= 11 is 0. The van der Waals surface area contributed by atoms with Crippen LogP contribution in [0.4, 0.5) is 0 Å². The lowest BCUT2D eigenvalue weighted by Crippen LogP contribution is -2.65. The molecule has 3 fully saturated rings. The number of β-amino-alcohol motifs (C(OH)–C–C–N with tert-alkyl or cyclic N) is 1. The fraction of sp³-hybridized carbons (Fsp3) is 0.500. The van der Waals surface area contributed by atoms with Gasteiger partial charge in [0.2, 0.25) is 5.91 Å². The van der Waals surface area contributed by atoms with E-state index in [4.69, 9.17) is 5.73 Å². The molecule has 3 aliphatic carbocycles. The molecule has 5 aliphatic rings. The van der Waals surface area contributed by atoms with Crippen molar-refractivity contribution in [3.63, 3.8) is 0 Å². The van der Waals surface area contributed by atoms with Crippen molar-refractivity contribution in [2.75, 3.05) is 13.2 Å². The number of aliphatic hydroxyl groups excluding tert-OH is 4. The van der Waals surface area contributed by atoms with E-state index in [9.17, 15) is 35.4 Å². The monoisotopic (exact) mass is 968 g/mol. The van der Waals surface area contributed by atoms with Crippen molar-refractivity contribution in [2.45, 2.75) is 147 Å². The second-order valence-corrected chi connectivity index (χ2v) is 21.8. The summed E-state index contributed by atoms with van der Waals surface area (Å²) in [5, 5.41) is 77.6. The van der Waals surface area contributed by atoms with Gasteiger partial charge in [-0.2, -0.15) is 0 Å². The molecule has 11 heteroatoms. The number of aromatic hydroxyl groups is 1. The van der Waals surface area contributed by atoms with Gasteiger partial charge in [-0.25, -0.2) is 0 Å². The van der Waals surface area contributed by atoms with E-state index in [1.165, 1.54) is 5.57 Å². The van der Waals surface area contributed by atoms with E-state index in [1.807, 2.05) is 73.7 Å². The number of ketones is 1. The molecule has 1 spiro atoms. The van der Waals surface area contributed by atoms with E-state index in [-0.39, 0.29) is 48.8 Å². The van der Waals surface area contributed by atoms with E-state index in [2.05, 4.69) is 43.2 Å². The lowest BCUT2D eigenvalue weighted by Gasteiger charge is -2.61. The molecule has 8 rings (SSSR count). The number of aliphatic hydroxyl groups is 5. The Morgan fingerprint density at radius 3 is 2.45 bits per heavy atom. The molecule has 0 unspecified atom stereocenters. The Kier molecular flexibility index (Phi) is 16.5. The number of nitrogens with one attached hydrogen (secondary N) is 2. The van der Waals surface area contributed by atoms with E-state index in [0.29, 0.717) is 85.6 Å². The predicted molar refractivity (Wildman–Crippen MR) is 278 cm³/mol. The fourth-order valence-electron chi connectivity index (χ4n) is 13.6. The zero-order chi connectivity index (χ0) is 50.6. The highest BCUT2D eigenvalue weighted by Crippen LogP contribution is 2.69. The summed E-state index contributed by atoms with van der Waals surface area (Å²) in [6.07, 6.45) is 11.7. The summed E-state index contributed by atoms with van der Waals surface area (Å²) in [5.74, 6) is -1.65. The highest BCUT2D eigenvalue weighted by molar-refractivity contribution is 5.98. The second-order valence-electron chi connectivity index (χ2n) is 21.8. The molecule has 0 radical (unpaired) electrons. The first-order chi connectivity index (χ1) is 34.0. The zero-order valence-corrected chi connectivity index (χ0v) is 42.0. The van der Waals surface area contributed by atoms with Crippen LogP contribution in [0.3, 0.4) is 0 Å². The van der Waals surface area contributed by atoms with Crippen LogP contribution in [0.25, 0.3) is 0 Å². The van der Waals surface area contributed by atoms with Crippen LogP contribution in [0.1, 0.15) is 131 Å². The summed E-state index contributed by atoms with van der Waals surface area (Å²) in [4.78, 5) is 29.0. The molecule has 3 saturated carbocycles. The lowest BCUT2D eigenvalue weighted by molar-refractivity contribution is -0.216. The van der Waals surface area contributed by atoms with Gasteiger partial charge < -0.3 is 41.7 Å². The van der Waals surface area contributed by atoms with Gasteiger partial charge in [-0.05, 0) is 172 Å². The van der Waals surface area contributed by atoms with Crippen molar-refractivity contribution in [3.05, 3.63) is 159 Å². The molecule has 1 amide bonds. The Labute approximate surface area is 420 Å². The van der Waals surface area contributed by atoms with Crippen LogP contribution in [-0.4, -0.2) is 79.4 Å². The molecule has 11 nitrogen and oxygen atoms in total. The van der Waals surface area contributed by atoms with Gasteiger partial charge in [0.1, 0.15) is 18.0 Å². The first-order valence-electron chi connectivity index (χ1n) is 26.1. The van der Waals surface area contributed by atoms with Crippen LogP contribution in [0.2, 0.25) is 0 Å². The van der Waals surface area contributed by atoms with Crippen molar-refractivity contribution in [2.24, 2.45) is 34.8 Å². The lowest BCUT2D eigenvalue weighted by atomic mass is 9.45. The summed E-state index contributed by atoms with van der Waals surface area (Å²) < 4.78 is 0. The van der Waals surface area contributed by atoms with Crippen LogP contribution < -0.4 is 16.4 Å². The number of hydrogen-bond donors (Lipinski definition) is 9. The molecule has 71 heavy (non-hydrogen) atoms. The Hall–Kier alpha value is -4.98. The average Bonchev–Trinajstić information content (AvgIpc) is 3.63. The third-order valence-corrected chi connectivity index (χ3v) is 17.1. The van der Waals surface area contributed by atoms with Crippen molar-refractivity contribution >= 4 is 11.7 Å². The van der Waals surface area contributed by atoms with Gasteiger partial charge >= 0.3 is 0 Å². The van der Waals surface area contributed by atoms with Crippen LogP contribution in [0, 0.1) is 29.1 Å². The molecule has 380 valence electrons. The van der Waals surface area contributed by atoms with Crippen molar-refractivity contribution in [1.82, 2.24) is 10.6 Å². The third-order valence-electron chi connectivity index (χ3n) is 17.1. The number of phenolic OH excluding ortho intramolecular Hbond substituents is 1. The fourth-order valence-corrected chi connectivity index (χ4v) is 13.6. The predicted octanol–water partition coefficient (Wildman–Crippen LogP) is 7.78. The zero-order valence-electron chi connectivity index (χ0n) is 42.0. The van der Waals surface area contributed by atoms with Gasteiger partial charge in [-0.3, -0.25) is 14.9 Å². The minimum absolute atomic E-state index is 0.0258. The number of benzene rings is 3. The van der Waals surface area contributed by atoms with E-state index in [1.54, 1.807) is 12.1 Å². The largest absolute Gasteiger partial charge is 0.508 e. The summed E-state index contributed by atoms with van der Waals surface area (Å²) in [6.45, 7) is 10.0. The van der Waals surface area contributed by atoms with Crippen molar-refractivity contribution in [1.29, 1.82) is 0 Å². The number of fused-ring (bicyclic) bond motifs is 3. The third kappa shape index (κ3) is 11.0. The molecule has 10 N–H and O–H groups in total. The standard InChI is InChI=1S/C60H77N3O8/c1-36(2)10-5-11-37(3)12-6-16-43(35-64)50-33-45-17-9-26-59(71)27-25-48-38(4)52(67)32-42-15-8-18-49-54(42)55(58(70)63-57(49)61)62-34-53(68)44(29-39-19-21-46(65)22-20-39)30-40-13-7-14-41(28-40)31-47(66)23-24-51(48)60(45,59)56(50)69/h6-8,10,12-16,18-22,28,44-45,47,50-51,53,55-57,62,64-66,68-69,71H,3,5,9,11,17,23-27,29-35,61H2,1-2,4H3,(H,63,70)/b12-6+,43-16-,48-38+/t44-,45-,47+,50+,51+,53-,55-,56+,57-,59+,60+/m0/s1. The molecule has 11 atom stereocenters. The minimum atomic E-state index is -1.24. The van der Waals surface area contributed by atoms with Gasteiger partial charge in [0, 0.05) is 24.3 Å². The maximum Gasteiger partial charge on any atom is 0.243 e. The van der Waals surface area contributed by atoms with Gasteiger partial charge in [0.15, 0.2) is 5.78 Å². The normalized spacial score (nSPS) is 32.7. The van der Waals surface area contributed by atoms with Crippen LogP contribution >= 0.6 is 0 Å². The number of carbonyl (C=O) groups excluding carboxylic acids is 2. The number of hydrogen-bond acceptors (Lipinski definition) is 10. The molecule has 0 aromatic heterocycles. The molecule has 2 aliphatic heterocycles. The van der Waals surface area contributed by atoms with Gasteiger partial charge in [-0.1, -0.05) is 109 Å². The van der Waals surface area contributed by atoms with E-state index in [0.717, 1.165) is 53.5 Å². The van der Waals surface area contributed by atoms with E-state index < -0.39 is 53.4 Å². The van der Waals surface area contributed by atoms with Gasteiger partial charge in [-0.15, -0.1) is 0 Å². The minimum Gasteiger partial charge on any atom is -0.508 e. The number of phenols is 1. The topological polar surface area (TPSA) is 206 Å². The average molecular weight is 968 g/mol. The summed E-state index contributed by atoms with van der Waals surface area (Å²) in [5.41, 5.74) is 13.5. The Balaban J connectivity index is 1.19. The smallest absolute Gasteiger partial charge is 0.243 e. The number of allylic oxidation sites excluding steroid dienone is 8. The Morgan fingerprint density at radius 1 is 0.958 bits per heavy atom. The Bertz CT molecular complexity index is 2560. The van der Waals surface area contributed by atoms with Crippen molar-refractivity contribution < 1.29 is 40.2 Å².